The van der Waals surface area contributed by atoms with Crippen LogP contribution in [0.25, 0.3) is 21.9 Å². The van der Waals surface area contributed by atoms with Gasteiger partial charge in [0.25, 0.3) is 0 Å². The second-order valence-electron chi connectivity index (χ2n) is 11.1. The van der Waals surface area contributed by atoms with Crippen LogP contribution < -0.4 is 0 Å². The molecular weight excluding hydrogens is 444 g/mol. The maximum atomic E-state index is 15.0. The number of rotatable bonds is 6. The summed E-state index contributed by atoms with van der Waals surface area (Å²) in [5, 5.41) is 2.30. The molecule has 0 bridgehead atoms. The molecule has 0 unspecified atom stereocenters. The minimum absolute atomic E-state index is 0. The molecule has 5 heterocycles. The summed E-state index contributed by atoms with van der Waals surface area (Å²) in [6.45, 7) is 7.99. The van der Waals surface area contributed by atoms with Crippen molar-refractivity contribution in [1.29, 1.82) is 0 Å². The lowest BCUT2D eigenvalue weighted by Crippen LogP contribution is -2.47. The summed E-state index contributed by atoms with van der Waals surface area (Å²) >= 11 is 0. The molecule has 7 heteroatoms. The number of halogens is 2. The van der Waals surface area contributed by atoms with Gasteiger partial charge in [0.15, 0.2) is 0 Å². The number of nitrogens with zero attached hydrogens (tertiary/aromatic N) is 3. The highest BCUT2D eigenvalue weighted by atomic mass is 19.1. The van der Waals surface area contributed by atoms with Crippen LogP contribution in [-0.4, -0.2) is 62.8 Å². The van der Waals surface area contributed by atoms with Crippen LogP contribution in [0.5, 0.6) is 0 Å². The van der Waals surface area contributed by atoms with Gasteiger partial charge in [-0.25, -0.2) is 9.37 Å². The lowest BCUT2D eigenvalue weighted by Gasteiger charge is -2.42. The zero-order valence-corrected chi connectivity index (χ0v) is 20.6. The number of H-pyrrole nitrogens is 2. The van der Waals surface area contributed by atoms with Crippen molar-refractivity contribution >= 4 is 21.9 Å². The number of pyridine rings is 1. The molecule has 4 aromatic rings. The number of hydrogen-bond donors (Lipinski definition) is 2. The standard InChI is InChI=1S/C28H33F2N5.2H2/c1-17-8-23-22-6-4-5-7-24(22)33-25(23)26(35(17)16-28(2,3)30)20-9-19-10-21(32-27(19)31-12-20)15-34-13-18(11-29)14-34;;/h4-7,9-10,12,17-18,26,33H,8,11,13-16H2,1-3H3,(H,31,32);2*1H/t17-,26-;;/m1../s1. The van der Waals surface area contributed by atoms with Gasteiger partial charge in [0, 0.05) is 74.9 Å². The predicted molar refractivity (Wildman–Crippen MR) is 140 cm³/mol. The van der Waals surface area contributed by atoms with E-state index >= 15 is 0 Å². The largest absolute Gasteiger partial charge is 0.357 e. The van der Waals surface area contributed by atoms with E-state index in [4.69, 9.17) is 4.98 Å². The number of aromatic nitrogens is 3. The monoisotopic (exact) mass is 481 g/mol. The molecular formula is C28H37F2N5. The van der Waals surface area contributed by atoms with E-state index in [1.165, 1.54) is 10.9 Å². The highest BCUT2D eigenvalue weighted by Crippen LogP contribution is 2.42. The number of benzene rings is 1. The number of hydrogen-bond acceptors (Lipinski definition) is 3. The maximum Gasteiger partial charge on any atom is 0.137 e. The average molecular weight is 482 g/mol. The van der Waals surface area contributed by atoms with E-state index in [9.17, 15) is 8.78 Å². The zero-order valence-electron chi connectivity index (χ0n) is 20.6. The lowest BCUT2D eigenvalue weighted by molar-refractivity contribution is 0.0667. The molecule has 188 valence electrons. The minimum atomic E-state index is -1.32. The second-order valence-corrected chi connectivity index (χ2v) is 11.1. The number of nitrogens with one attached hydrogen (secondary N) is 2. The fourth-order valence-electron chi connectivity index (χ4n) is 6.01. The normalized spacial score (nSPS) is 22.1. The van der Waals surface area contributed by atoms with Gasteiger partial charge in [0.05, 0.1) is 12.7 Å². The Labute approximate surface area is 207 Å². The van der Waals surface area contributed by atoms with E-state index in [2.05, 4.69) is 57.0 Å². The summed E-state index contributed by atoms with van der Waals surface area (Å²) in [6, 6.07) is 12.8. The van der Waals surface area contributed by atoms with Crippen molar-refractivity contribution in [3.63, 3.8) is 0 Å². The summed E-state index contributed by atoms with van der Waals surface area (Å²) in [5.41, 5.74) is 5.27. The van der Waals surface area contributed by atoms with Crippen molar-refractivity contribution in [2.45, 2.75) is 51.5 Å². The van der Waals surface area contributed by atoms with Crippen LogP contribution in [0.15, 0.2) is 42.6 Å². The van der Waals surface area contributed by atoms with Gasteiger partial charge in [0.1, 0.15) is 11.3 Å². The van der Waals surface area contributed by atoms with Crippen LogP contribution in [-0.2, 0) is 13.0 Å². The smallest absolute Gasteiger partial charge is 0.137 e. The highest BCUT2D eigenvalue weighted by Gasteiger charge is 2.38. The van der Waals surface area contributed by atoms with Crippen molar-refractivity contribution in [1.82, 2.24) is 24.8 Å². The molecule has 0 aliphatic carbocycles. The topological polar surface area (TPSA) is 51.0 Å². The molecule has 2 N–H and O–H groups in total. The third-order valence-electron chi connectivity index (χ3n) is 7.58. The van der Waals surface area contributed by atoms with Crippen molar-refractivity contribution in [2.75, 3.05) is 26.3 Å². The first kappa shape index (κ1) is 22.7. The Morgan fingerprint density at radius 1 is 1.17 bits per heavy atom. The predicted octanol–water partition coefficient (Wildman–Crippen LogP) is 6.02. The molecule has 1 aromatic carbocycles. The number of likely N-dealkylation sites (tertiary alicyclic amines) is 1. The van der Waals surface area contributed by atoms with Gasteiger partial charge in [-0.2, -0.15) is 0 Å². The molecule has 2 aliphatic heterocycles. The minimum Gasteiger partial charge on any atom is -0.357 e. The second kappa shape index (κ2) is 8.42. The van der Waals surface area contributed by atoms with Gasteiger partial charge < -0.3 is 9.97 Å². The van der Waals surface area contributed by atoms with E-state index in [1.807, 2.05) is 12.3 Å². The first-order valence-corrected chi connectivity index (χ1v) is 12.6. The fraction of sp³-hybridized carbons (Fsp3) is 0.464. The van der Waals surface area contributed by atoms with E-state index in [0.29, 0.717) is 6.54 Å². The van der Waals surface area contributed by atoms with Gasteiger partial charge in [0.2, 0.25) is 0 Å². The van der Waals surface area contributed by atoms with Crippen LogP contribution in [0.1, 0.15) is 52.2 Å². The average Bonchev–Trinajstić information content (AvgIpc) is 3.35. The van der Waals surface area contributed by atoms with Crippen LogP contribution in [0.4, 0.5) is 8.78 Å². The van der Waals surface area contributed by atoms with Crippen LogP contribution in [0, 0.1) is 5.92 Å². The number of alkyl halides is 2. The molecule has 0 amide bonds. The van der Waals surface area contributed by atoms with Gasteiger partial charge >= 0.3 is 0 Å². The Balaban J connectivity index is 0.00000160. The van der Waals surface area contributed by atoms with Crippen molar-refractivity contribution < 1.29 is 11.6 Å². The van der Waals surface area contributed by atoms with Gasteiger partial charge in [-0.15, -0.1) is 0 Å². The molecule has 5 nitrogen and oxygen atoms in total. The van der Waals surface area contributed by atoms with E-state index in [0.717, 1.165) is 59.6 Å². The number of para-hydroxylation sites is 1. The van der Waals surface area contributed by atoms with Crippen molar-refractivity contribution in [2.24, 2.45) is 5.92 Å². The van der Waals surface area contributed by atoms with E-state index < -0.39 is 5.67 Å². The molecule has 0 radical (unpaired) electrons. The van der Waals surface area contributed by atoms with Crippen molar-refractivity contribution in [3.05, 3.63) is 65.1 Å². The van der Waals surface area contributed by atoms with Gasteiger partial charge in [-0.05, 0) is 56.5 Å². The SMILES string of the molecule is C[C@@H]1Cc2c([nH]c3ccccc23)[C@@H](c2cnc3[nH]c(CN4CC(CF)C4)cc3c2)N1CC(C)(C)F.[HH].[HH]. The van der Waals surface area contributed by atoms with E-state index in [1.54, 1.807) is 13.8 Å². The quantitative estimate of drug-likeness (QED) is 0.354. The molecule has 2 aliphatic rings. The Kier molecular flexibility index (Phi) is 5.45. The number of fused-ring (bicyclic) bond motifs is 4. The zero-order chi connectivity index (χ0) is 24.3. The maximum absolute atomic E-state index is 15.0. The number of aromatic amines is 2. The first-order valence-electron chi connectivity index (χ1n) is 12.6. The molecule has 0 saturated carbocycles. The highest BCUT2D eigenvalue weighted by molar-refractivity contribution is 5.85. The molecule has 0 spiro atoms. The summed E-state index contributed by atoms with van der Waals surface area (Å²) in [5.74, 6) is 0.175. The van der Waals surface area contributed by atoms with Gasteiger partial charge in [-0.1, -0.05) is 18.2 Å². The summed E-state index contributed by atoms with van der Waals surface area (Å²) in [6.07, 6.45) is 2.81. The summed E-state index contributed by atoms with van der Waals surface area (Å²) in [7, 11) is 0. The third kappa shape index (κ3) is 4.15. The fourth-order valence-corrected chi connectivity index (χ4v) is 6.01. The Morgan fingerprint density at radius 2 is 1.97 bits per heavy atom. The Morgan fingerprint density at radius 3 is 2.74 bits per heavy atom. The van der Waals surface area contributed by atoms with E-state index in [-0.39, 0.29) is 27.5 Å². The van der Waals surface area contributed by atoms with Crippen LogP contribution in [0.3, 0.4) is 0 Å². The molecule has 1 fully saturated rings. The third-order valence-corrected chi connectivity index (χ3v) is 7.58. The Bertz CT molecular complexity index is 1370. The Hall–Kier alpha value is -2.77. The van der Waals surface area contributed by atoms with Crippen molar-refractivity contribution in [3.8, 4) is 0 Å². The van der Waals surface area contributed by atoms with Crippen LogP contribution in [0.2, 0.25) is 0 Å². The summed E-state index contributed by atoms with van der Waals surface area (Å²) < 4.78 is 27.8. The first-order chi connectivity index (χ1) is 16.8. The summed E-state index contributed by atoms with van der Waals surface area (Å²) in [4.78, 5) is 16.4. The molecule has 6 rings (SSSR count). The molecule has 3 aromatic heterocycles. The lowest BCUT2D eigenvalue weighted by atomic mass is 9.88. The molecule has 35 heavy (non-hydrogen) atoms. The van der Waals surface area contributed by atoms with Crippen LogP contribution >= 0.6 is 0 Å². The molecule has 1 saturated heterocycles. The van der Waals surface area contributed by atoms with Gasteiger partial charge in [-0.3, -0.25) is 14.2 Å². The molecule has 2 atom stereocenters.